The lowest BCUT2D eigenvalue weighted by Gasteiger charge is -2.11. The highest BCUT2D eigenvalue weighted by Gasteiger charge is 2.40. The van der Waals surface area contributed by atoms with Gasteiger partial charge in [0.25, 0.3) is 0 Å². The molecule has 0 radical (unpaired) electrons. The molecular formula is C7H12N2O. The molecule has 0 aromatic rings. The van der Waals surface area contributed by atoms with Gasteiger partial charge in [-0.15, -0.1) is 0 Å². The van der Waals surface area contributed by atoms with Gasteiger partial charge in [-0.1, -0.05) is 0 Å². The van der Waals surface area contributed by atoms with E-state index in [0.717, 1.165) is 12.8 Å². The molecule has 3 heteroatoms. The van der Waals surface area contributed by atoms with Crippen molar-refractivity contribution in [2.24, 2.45) is 0 Å². The Kier molecular flexibility index (Phi) is 2.25. The fraction of sp³-hybridized carbons (Fsp3) is 0.857. The van der Waals surface area contributed by atoms with Gasteiger partial charge in [-0.05, 0) is 12.8 Å². The Balaban J connectivity index is 2.08. The maximum atomic E-state index is 8.81. The summed E-state index contributed by atoms with van der Waals surface area (Å²) in [4.78, 5) is 0. The van der Waals surface area contributed by atoms with Crippen LogP contribution >= 0.6 is 0 Å². The van der Waals surface area contributed by atoms with Gasteiger partial charge >= 0.3 is 0 Å². The van der Waals surface area contributed by atoms with Crippen molar-refractivity contribution in [1.82, 2.24) is 5.32 Å². The Hall–Kier alpha value is -0.590. The maximum absolute atomic E-state index is 8.81. The topological polar surface area (TPSA) is 56.0 Å². The summed E-state index contributed by atoms with van der Waals surface area (Å²) in [7, 11) is 0. The van der Waals surface area contributed by atoms with Crippen LogP contribution in [0.15, 0.2) is 0 Å². The van der Waals surface area contributed by atoms with E-state index in [1.165, 1.54) is 0 Å². The molecule has 0 amide bonds. The van der Waals surface area contributed by atoms with E-state index in [1.807, 2.05) is 6.07 Å². The van der Waals surface area contributed by atoms with Gasteiger partial charge in [-0.2, -0.15) is 5.26 Å². The molecule has 0 aromatic heterocycles. The van der Waals surface area contributed by atoms with Crippen LogP contribution in [0.5, 0.6) is 0 Å². The summed E-state index contributed by atoms with van der Waals surface area (Å²) in [6.45, 7) is 0.912. The molecule has 56 valence electrons. The summed E-state index contributed by atoms with van der Waals surface area (Å²) in [5.74, 6) is 0. The van der Waals surface area contributed by atoms with E-state index in [9.17, 15) is 0 Å². The van der Waals surface area contributed by atoms with Gasteiger partial charge in [0.05, 0.1) is 12.7 Å². The molecule has 1 rings (SSSR count). The van der Waals surface area contributed by atoms with Gasteiger partial charge in [0.15, 0.2) is 0 Å². The van der Waals surface area contributed by atoms with Crippen molar-refractivity contribution in [2.45, 2.75) is 24.8 Å². The van der Waals surface area contributed by atoms with Crippen LogP contribution in [0.1, 0.15) is 19.3 Å². The quantitative estimate of drug-likeness (QED) is 0.541. The largest absolute Gasteiger partial charge is 0.394 e. The smallest absolute Gasteiger partial charge is 0.0635 e. The van der Waals surface area contributed by atoms with Gasteiger partial charge in [0.1, 0.15) is 0 Å². The molecule has 0 aliphatic heterocycles. The highest BCUT2D eigenvalue weighted by Crippen LogP contribution is 2.34. The summed E-state index contributed by atoms with van der Waals surface area (Å²) < 4.78 is 0. The molecule has 1 aliphatic rings. The van der Waals surface area contributed by atoms with Gasteiger partial charge in [-0.25, -0.2) is 0 Å². The second-order valence-corrected chi connectivity index (χ2v) is 2.77. The summed E-state index contributed by atoms with van der Waals surface area (Å²) in [6.07, 6.45) is 2.63. The zero-order valence-electron chi connectivity index (χ0n) is 5.93. The van der Waals surface area contributed by atoms with E-state index in [0.29, 0.717) is 13.0 Å². The normalized spacial score (nSPS) is 20.0. The monoisotopic (exact) mass is 140 g/mol. The summed E-state index contributed by atoms with van der Waals surface area (Å²) in [6, 6.07) is 2.05. The van der Waals surface area contributed by atoms with Gasteiger partial charge in [0.2, 0.25) is 0 Å². The van der Waals surface area contributed by atoms with Crippen molar-refractivity contribution in [1.29, 1.82) is 5.26 Å². The Morgan fingerprint density at radius 1 is 1.60 bits per heavy atom. The number of rotatable bonds is 4. The molecule has 1 saturated carbocycles. The van der Waals surface area contributed by atoms with Crippen molar-refractivity contribution >= 4 is 0 Å². The summed E-state index contributed by atoms with van der Waals surface area (Å²) in [5.41, 5.74) is -0.00313. The van der Waals surface area contributed by atoms with Crippen molar-refractivity contribution < 1.29 is 5.11 Å². The molecule has 1 aliphatic carbocycles. The molecule has 2 N–H and O–H groups in total. The molecule has 0 heterocycles. The van der Waals surface area contributed by atoms with Crippen LogP contribution in [0.4, 0.5) is 0 Å². The lowest BCUT2D eigenvalue weighted by Crippen LogP contribution is -2.35. The standard InChI is InChI=1S/C7H12N2O/c8-4-1-5-9-7(6-10)2-3-7/h9-10H,1-3,5-6H2. The number of nitrogens with zero attached hydrogens (tertiary/aromatic N) is 1. The molecule has 10 heavy (non-hydrogen) atoms. The summed E-state index contributed by atoms with van der Waals surface area (Å²) in [5, 5.41) is 20.2. The highest BCUT2D eigenvalue weighted by atomic mass is 16.3. The molecule has 3 nitrogen and oxygen atoms in total. The van der Waals surface area contributed by atoms with Crippen LogP contribution in [0.2, 0.25) is 0 Å². The zero-order chi connectivity index (χ0) is 7.45. The van der Waals surface area contributed by atoms with E-state index in [2.05, 4.69) is 5.32 Å². The predicted octanol–water partition coefficient (Wildman–Crippen LogP) is 0.0146. The second-order valence-electron chi connectivity index (χ2n) is 2.77. The first kappa shape index (κ1) is 7.52. The third-order valence-corrected chi connectivity index (χ3v) is 1.89. The molecule has 0 atom stereocenters. The number of hydrogen-bond donors (Lipinski definition) is 2. The van der Waals surface area contributed by atoms with E-state index in [4.69, 9.17) is 10.4 Å². The minimum Gasteiger partial charge on any atom is -0.394 e. The Bertz CT molecular complexity index is 146. The van der Waals surface area contributed by atoms with Crippen molar-refractivity contribution in [2.75, 3.05) is 13.2 Å². The van der Waals surface area contributed by atoms with E-state index in [1.54, 1.807) is 0 Å². The zero-order valence-corrected chi connectivity index (χ0v) is 5.93. The van der Waals surface area contributed by atoms with Gasteiger partial charge < -0.3 is 10.4 Å². The molecule has 0 aromatic carbocycles. The van der Waals surface area contributed by atoms with Gasteiger partial charge in [-0.3, -0.25) is 0 Å². The van der Waals surface area contributed by atoms with Crippen LogP contribution in [-0.4, -0.2) is 23.8 Å². The Morgan fingerprint density at radius 3 is 2.70 bits per heavy atom. The van der Waals surface area contributed by atoms with Crippen LogP contribution in [-0.2, 0) is 0 Å². The van der Waals surface area contributed by atoms with E-state index >= 15 is 0 Å². The average Bonchev–Trinajstić information content (AvgIpc) is 2.70. The fourth-order valence-corrected chi connectivity index (χ4v) is 0.925. The molecule has 0 saturated heterocycles. The molecule has 0 unspecified atom stereocenters. The highest BCUT2D eigenvalue weighted by molar-refractivity contribution is 5.01. The SMILES string of the molecule is N#CCCNC1(CO)CC1. The number of aliphatic hydroxyl groups is 1. The van der Waals surface area contributed by atoms with E-state index in [-0.39, 0.29) is 12.1 Å². The Labute approximate surface area is 60.7 Å². The second kappa shape index (κ2) is 3.00. The molecule has 1 fully saturated rings. The van der Waals surface area contributed by atoms with Gasteiger partial charge in [0, 0.05) is 18.5 Å². The van der Waals surface area contributed by atoms with Crippen LogP contribution in [0.3, 0.4) is 0 Å². The lowest BCUT2D eigenvalue weighted by atomic mass is 10.3. The maximum Gasteiger partial charge on any atom is 0.0635 e. The molecule has 0 spiro atoms. The third kappa shape index (κ3) is 1.69. The van der Waals surface area contributed by atoms with Crippen molar-refractivity contribution in [3.8, 4) is 6.07 Å². The van der Waals surface area contributed by atoms with Crippen LogP contribution in [0.25, 0.3) is 0 Å². The number of nitrogens with one attached hydrogen (secondary N) is 1. The van der Waals surface area contributed by atoms with Crippen molar-refractivity contribution in [3.63, 3.8) is 0 Å². The molecule has 0 bridgehead atoms. The van der Waals surface area contributed by atoms with E-state index < -0.39 is 0 Å². The third-order valence-electron chi connectivity index (χ3n) is 1.89. The molecular weight excluding hydrogens is 128 g/mol. The minimum absolute atomic E-state index is 0.00313. The van der Waals surface area contributed by atoms with Crippen molar-refractivity contribution in [3.05, 3.63) is 0 Å². The average molecular weight is 140 g/mol. The minimum atomic E-state index is -0.00313. The lowest BCUT2D eigenvalue weighted by molar-refractivity contribution is 0.231. The number of hydrogen-bond acceptors (Lipinski definition) is 3. The predicted molar refractivity (Wildman–Crippen MR) is 37.3 cm³/mol. The van der Waals surface area contributed by atoms with Crippen LogP contribution in [0, 0.1) is 11.3 Å². The number of aliphatic hydroxyl groups excluding tert-OH is 1. The Morgan fingerprint density at radius 2 is 2.30 bits per heavy atom. The first-order chi connectivity index (χ1) is 4.83. The fourth-order valence-electron chi connectivity index (χ4n) is 0.925. The number of nitriles is 1. The first-order valence-electron chi connectivity index (χ1n) is 3.56. The summed E-state index contributed by atoms with van der Waals surface area (Å²) >= 11 is 0. The first-order valence-corrected chi connectivity index (χ1v) is 3.56. The van der Waals surface area contributed by atoms with Crippen LogP contribution < -0.4 is 5.32 Å².